The van der Waals surface area contributed by atoms with E-state index < -0.39 is 18.0 Å². The van der Waals surface area contributed by atoms with Crippen molar-refractivity contribution in [2.24, 2.45) is 5.92 Å². The Kier molecular flexibility index (Phi) is 3.56. The molecule has 1 heterocycles. The van der Waals surface area contributed by atoms with E-state index >= 15 is 0 Å². The van der Waals surface area contributed by atoms with E-state index in [1.807, 2.05) is 0 Å². The Morgan fingerprint density at radius 1 is 1.39 bits per heavy atom. The van der Waals surface area contributed by atoms with Gasteiger partial charge in [-0.2, -0.15) is 0 Å². The molecule has 3 atom stereocenters. The zero-order valence-electron chi connectivity index (χ0n) is 10.1. The minimum absolute atomic E-state index is 0.00204. The first-order chi connectivity index (χ1) is 8.54. The molecule has 0 saturated heterocycles. The first-order valence-electron chi connectivity index (χ1n) is 5.99. The third-order valence-electron chi connectivity index (χ3n) is 3.71. The maximum absolute atomic E-state index is 11.1. The second kappa shape index (κ2) is 4.97. The molecule has 1 saturated carbocycles. The number of carboxylic acids is 2. The monoisotopic (exact) mass is 253 g/mol. The lowest BCUT2D eigenvalue weighted by molar-refractivity contribution is -0.307. The molecule has 2 aliphatic rings. The summed E-state index contributed by atoms with van der Waals surface area (Å²) in [4.78, 5) is 21.8. The summed E-state index contributed by atoms with van der Waals surface area (Å²) < 4.78 is 5.29. The number of carbonyl (C=O) groups is 2. The Morgan fingerprint density at radius 3 is 2.67 bits per heavy atom. The molecule has 0 aromatic heterocycles. The Morgan fingerprint density at radius 2 is 2.11 bits per heavy atom. The quantitative estimate of drug-likeness (QED) is 0.617. The lowest BCUT2D eigenvalue weighted by atomic mass is 9.79. The van der Waals surface area contributed by atoms with Gasteiger partial charge >= 0.3 is 0 Å². The molecule has 1 N–H and O–H groups in total. The van der Waals surface area contributed by atoms with Gasteiger partial charge in [0.25, 0.3) is 0 Å². The molecule has 100 valence electrons. The number of carboxylic acid groups (broad SMARTS) is 2. The minimum atomic E-state index is -1.31. The summed E-state index contributed by atoms with van der Waals surface area (Å²) in [6.07, 6.45) is 1.92. The predicted molar refractivity (Wildman–Crippen MR) is 56.7 cm³/mol. The molecule has 0 radical (unpaired) electrons. The summed E-state index contributed by atoms with van der Waals surface area (Å²) in [6.45, 7) is 0. The fourth-order valence-corrected chi connectivity index (χ4v) is 3.00. The molecule has 0 amide bonds. The SMILES string of the molecule is CO[C@H]1CCCC2C1=C(C(=O)[O-])NC2CC(=O)[O-]. The summed E-state index contributed by atoms with van der Waals surface area (Å²) in [5, 5.41) is 24.5. The zero-order chi connectivity index (χ0) is 13.3. The van der Waals surface area contributed by atoms with E-state index in [2.05, 4.69) is 5.32 Å². The van der Waals surface area contributed by atoms with Crippen molar-refractivity contribution in [2.45, 2.75) is 37.8 Å². The standard InChI is InChI=1S/C12H17NO5/c1-18-8-4-2-3-6-7(5-9(14)15)13-11(10(6)8)12(16)17/h6-8,13H,2-5H2,1H3,(H,14,15)(H,16,17)/p-2/t6?,7?,8-/m0/s1. The third-order valence-corrected chi connectivity index (χ3v) is 3.71. The molecule has 6 nitrogen and oxygen atoms in total. The number of nitrogens with one attached hydrogen (secondary N) is 1. The predicted octanol–water partition coefficient (Wildman–Crippen LogP) is -2.08. The molecule has 2 unspecified atom stereocenters. The van der Waals surface area contributed by atoms with Gasteiger partial charge in [-0.15, -0.1) is 0 Å². The van der Waals surface area contributed by atoms with Gasteiger partial charge in [-0.05, 0) is 24.8 Å². The van der Waals surface area contributed by atoms with Gasteiger partial charge in [0, 0.05) is 31.5 Å². The lowest BCUT2D eigenvalue weighted by Gasteiger charge is -2.31. The molecule has 0 spiro atoms. The Hall–Kier alpha value is -1.56. The Labute approximate surface area is 105 Å². The van der Waals surface area contributed by atoms with Gasteiger partial charge in [0.2, 0.25) is 0 Å². The number of rotatable bonds is 4. The number of ether oxygens (including phenoxy) is 1. The summed E-state index contributed by atoms with van der Waals surface area (Å²) in [7, 11) is 1.53. The molecule has 0 bridgehead atoms. The number of hydrogen-bond acceptors (Lipinski definition) is 6. The van der Waals surface area contributed by atoms with Crippen LogP contribution in [0.4, 0.5) is 0 Å². The topological polar surface area (TPSA) is 102 Å². The lowest BCUT2D eigenvalue weighted by Crippen LogP contribution is -2.39. The normalized spacial score (nSPS) is 30.8. The van der Waals surface area contributed by atoms with Crippen LogP contribution in [0.15, 0.2) is 11.3 Å². The van der Waals surface area contributed by atoms with E-state index in [1.54, 1.807) is 0 Å². The second-order valence-electron chi connectivity index (χ2n) is 4.71. The molecule has 1 fully saturated rings. The first kappa shape index (κ1) is 12.9. The van der Waals surface area contributed by atoms with Crippen LogP contribution in [0.25, 0.3) is 0 Å². The van der Waals surface area contributed by atoms with E-state index in [0.717, 1.165) is 19.3 Å². The molecule has 18 heavy (non-hydrogen) atoms. The maximum Gasteiger partial charge on any atom is 0.0875 e. The van der Waals surface area contributed by atoms with Gasteiger partial charge < -0.3 is 29.9 Å². The van der Waals surface area contributed by atoms with Crippen LogP contribution in [0, 0.1) is 5.92 Å². The van der Waals surface area contributed by atoms with Crippen molar-refractivity contribution in [2.75, 3.05) is 7.11 Å². The summed E-state index contributed by atoms with van der Waals surface area (Å²) in [6, 6.07) is -0.434. The Bertz CT molecular complexity index is 403. The van der Waals surface area contributed by atoms with Crippen molar-refractivity contribution in [3.63, 3.8) is 0 Å². The second-order valence-corrected chi connectivity index (χ2v) is 4.71. The molecular formula is C12H15NO5-2. The number of fused-ring (bicyclic) bond motifs is 1. The van der Waals surface area contributed by atoms with Gasteiger partial charge in [-0.3, -0.25) is 0 Å². The zero-order valence-corrected chi connectivity index (χ0v) is 10.1. The Balaban J connectivity index is 2.29. The van der Waals surface area contributed by atoms with Gasteiger partial charge in [0.15, 0.2) is 0 Å². The molecule has 1 aliphatic heterocycles. The summed E-state index contributed by atoms with van der Waals surface area (Å²) >= 11 is 0. The summed E-state index contributed by atoms with van der Waals surface area (Å²) in [5.74, 6) is -2.61. The van der Waals surface area contributed by atoms with Crippen LogP contribution in [-0.2, 0) is 14.3 Å². The summed E-state index contributed by atoms with van der Waals surface area (Å²) in [5.41, 5.74) is 0.646. The van der Waals surface area contributed by atoms with Gasteiger partial charge in [0.1, 0.15) is 0 Å². The van der Waals surface area contributed by atoms with E-state index in [9.17, 15) is 19.8 Å². The molecule has 1 aliphatic carbocycles. The number of carbonyl (C=O) groups excluding carboxylic acids is 2. The van der Waals surface area contributed by atoms with Crippen LogP contribution in [0.3, 0.4) is 0 Å². The highest BCUT2D eigenvalue weighted by Crippen LogP contribution is 2.40. The van der Waals surface area contributed by atoms with E-state index in [4.69, 9.17) is 4.74 Å². The van der Waals surface area contributed by atoms with E-state index in [-0.39, 0.29) is 24.1 Å². The molecule has 0 aromatic carbocycles. The first-order valence-corrected chi connectivity index (χ1v) is 5.99. The largest absolute Gasteiger partial charge is 0.550 e. The molecule has 0 aromatic rings. The average Bonchev–Trinajstić information content (AvgIpc) is 2.67. The van der Waals surface area contributed by atoms with E-state index in [1.165, 1.54) is 7.11 Å². The van der Waals surface area contributed by atoms with Crippen molar-refractivity contribution < 1.29 is 24.5 Å². The smallest absolute Gasteiger partial charge is 0.0875 e. The number of methoxy groups -OCH3 is 1. The van der Waals surface area contributed by atoms with Gasteiger partial charge in [-0.25, -0.2) is 0 Å². The fourth-order valence-electron chi connectivity index (χ4n) is 3.00. The van der Waals surface area contributed by atoms with Gasteiger partial charge in [0.05, 0.1) is 17.8 Å². The van der Waals surface area contributed by atoms with Crippen LogP contribution >= 0.6 is 0 Å². The average molecular weight is 253 g/mol. The van der Waals surface area contributed by atoms with Crippen LogP contribution in [0.2, 0.25) is 0 Å². The third kappa shape index (κ3) is 2.20. The number of hydrogen-bond donors (Lipinski definition) is 1. The molecule has 6 heteroatoms. The van der Waals surface area contributed by atoms with Crippen molar-refractivity contribution in [1.82, 2.24) is 5.32 Å². The maximum atomic E-state index is 11.1. The highest BCUT2D eigenvalue weighted by atomic mass is 16.5. The van der Waals surface area contributed by atoms with Crippen LogP contribution in [0.1, 0.15) is 25.7 Å². The van der Waals surface area contributed by atoms with Crippen LogP contribution < -0.4 is 15.5 Å². The highest BCUT2D eigenvalue weighted by Gasteiger charge is 2.40. The van der Waals surface area contributed by atoms with Gasteiger partial charge in [-0.1, -0.05) is 0 Å². The van der Waals surface area contributed by atoms with Crippen LogP contribution in [0.5, 0.6) is 0 Å². The fraction of sp³-hybridized carbons (Fsp3) is 0.667. The van der Waals surface area contributed by atoms with Crippen molar-refractivity contribution in [3.8, 4) is 0 Å². The van der Waals surface area contributed by atoms with Crippen molar-refractivity contribution in [1.29, 1.82) is 0 Å². The molecule has 2 rings (SSSR count). The minimum Gasteiger partial charge on any atom is -0.550 e. The van der Waals surface area contributed by atoms with Crippen LogP contribution in [-0.4, -0.2) is 31.2 Å². The van der Waals surface area contributed by atoms with Crippen molar-refractivity contribution in [3.05, 3.63) is 11.3 Å². The number of aliphatic carboxylic acids is 2. The van der Waals surface area contributed by atoms with E-state index in [0.29, 0.717) is 5.57 Å². The molecular weight excluding hydrogens is 238 g/mol. The van der Waals surface area contributed by atoms with Crippen molar-refractivity contribution >= 4 is 11.9 Å². The highest BCUT2D eigenvalue weighted by molar-refractivity contribution is 5.86.